The zero-order valence-corrected chi connectivity index (χ0v) is 9.32. The summed E-state index contributed by atoms with van der Waals surface area (Å²) in [5.41, 5.74) is 2.11. The summed E-state index contributed by atoms with van der Waals surface area (Å²) in [6.45, 7) is 2.80. The van der Waals surface area contributed by atoms with Crippen LogP contribution in [0.25, 0.3) is 0 Å². The van der Waals surface area contributed by atoms with Crippen LogP contribution in [0.4, 0.5) is 0 Å². The highest BCUT2D eigenvalue weighted by Crippen LogP contribution is 2.25. The number of carbonyl (C=O) groups is 1. The minimum Gasteiger partial charge on any atom is -0.383 e. The molecule has 0 radical (unpaired) electrons. The number of methoxy groups -OCH3 is 1. The third kappa shape index (κ3) is 1.84. The maximum absolute atomic E-state index is 11.6. The second-order valence-corrected chi connectivity index (χ2v) is 4.16. The lowest BCUT2D eigenvalue weighted by Crippen LogP contribution is -2.17. The summed E-state index contributed by atoms with van der Waals surface area (Å²) in [5, 5.41) is 0. The molecule has 2 rings (SSSR count). The number of aromatic nitrogens is 1. The summed E-state index contributed by atoms with van der Waals surface area (Å²) >= 11 is 0. The average Bonchev–Trinajstić information content (AvgIpc) is 2.63. The maximum Gasteiger partial charge on any atom is 0.164 e. The number of fused-ring (bicyclic) bond motifs is 1. The summed E-state index contributed by atoms with van der Waals surface area (Å²) in [6.07, 6.45) is 4.71. The van der Waals surface area contributed by atoms with Crippen LogP contribution in [0, 0.1) is 0 Å². The van der Waals surface area contributed by atoms with E-state index in [9.17, 15) is 4.79 Å². The van der Waals surface area contributed by atoms with Crippen molar-refractivity contribution in [3.8, 4) is 0 Å². The van der Waals surface area contributed by atoms with Crippen LogP contribution in [0.1, 0.15) is 41.9 Å². The normalized spacial score (nSPS) is 17.6. The molecule has 1 unspecified atom stereocenters. The van der Waals surface area contributed by atoms with Gasteiger partial charge in [0.15, 0.2) is 5.78 Å². The van der Waals surface area contributed by atoms with Crippen LogP contribution in [-0.2, 0) is 11.2 Å². The molecule has 0 fully saturated rings. The second-order valence-electron chi connectivity index (χ2n) is 4.16. The van der Waals surface area contributed by atoms with Crippen LogP contribution in [0.15, 0.2) is 12.3 Å². The first-order chi connectivity index (χ1) is 7.24. The first-order valence-electron chi connectivity index (χ1n) is 5.46. The zero-order chi connectivity index (χ0) is 10.8. The van der Waals surface area contributed by atoms with E-state index in [0.717, 1.165) is 18.4 Å². The smallest absolute Gasteiger partial charge is 0.164 e. The maximum atomic E-state index is 11.6. The minimum absolute atomic E-state index is 0.291. The van der Waals surface area contributed by atoms with Gasteiger partial charge in [-0.2, -0.15) is 0 Å². The first-order valence-corrected chi connectivity index (χ1v) is 5.46. The molecule has 0 saturated carbocycles. The number of ether oxygens (including phenoxy) is 1. The van der Waals surface area contributed by atoms with E-state index in [2.05, 4.69) is 11.5 Å². The fourth-order valence-electron chi connectivity index (χ4n) is 2.28. The quantitative estimate of drug-likeness (QED) is 0.761. The molecule has 0 aromatic carbocycles. The highest BCUT2D eigenvalue weighted by molar-refractivity contribution is 5.98. The lowest BCUT2D eigenvalue weighted by atomic mass is 9.96. The Hall–Kier alpha value is -1.09. The van der Waals surface area contributed by atoms with Gasteiger partial charge in [0.05, 0.1) is 12.6 Å². The van der Waals surface area contributed by atoms with Gasteiger partial charge in [0, 0.05) is 31.0 Å². The van der Waals surface area contributed by atoms with E-state index in [1.165, 1.54) is 5.69 Å². The van der Waals surface area contributed by atoms with Gasteiger partial charge in [-0.3, -0.25) is 4.79 Å². The van der Waals surface area contributed by atoms with Crippen molar-refractivity contribution in [2.75, 3.05) is 13.7 Å². The number of Topliss-reactive ketones (excluding diaryl/α,β-unsaturated/α-hetero) is 1. The van der Waals surface area contributed by atoms with Gasteiger partial charge >= 0.3 is 0 Å². The van der Waals surface area contributed by atoms with Crippen molar-refractivity contribution in [3.05, 3.63) is 23.5 Å². The number of hydrogen-bond acceptors (Lipinski definition) is 2. The van der Waals surface area contributed by atoms with Crippen LogP contribution in [0.3, 0.4) is 0 Å². The Morgan fingerprint density at radius 3 is 3.07 bits per heavy atom. The van der Waals surface area contributed by atoms with Crippen molar-refractivity contribution in [2.45, 2.75) is 32.2 Å². The van der Waals surface area contributed by atoms with Gasteiger partial charge in [-0.05, 0) is 25.8 Å². The summed E-state index contributed by atoms with van der Waals surface area (Å²) < 4.78 is 7.32. The molecule has 1 atom stereocenters. The number of nitrogens with zero attached hydrogens (tertiary/aromatic N) is 1. The van der Waals surface area contributed by atoms with Crippen LogP contribution < -0.4 is 0 Å². The van der Waals surface area contributed by atoms with Crippen LogP contribution in [-0.4, -0.2) is 24.1 Å². The molecule has 1 aliphatic carbocycles. The minimum atomic E-state index is 0.291. The molecular formula is C12H17NO2. The molecule has 1 aliphatic rings. The monoisotopic (exact) mass is 207 g/mol. The van der Waals surface area contributed by atoms with Gasteiger partial charge in [-0.15, -0.1) is 0 Å². The van der Waals surface area contributed by atoms with Crippen molar-refractivity contribution in [1.82, 2.24) is 4.57 Å². The lowest BCUT2D eigenvalue weighted by molar-refractivity contribution is 0.0970. The van der Waals surface area contributed by atoms with E-state index in [4.69, 9.17) is 4.74 Å². The molecule has 0 amide bonds. The highest BCUT2D eigenvalue weighted by atomic mass is 16.5. The van der Waals surface area contributed by atoms with Gasteiger partial charge in [-0.25, -0.2) is 0 Å². The Balaban J connectivity index is 2.30. The Labute approximate surface area is 90.0 Å². The number of rotatable bonds is 3. The van der Waals surface area contributed by atoms with Crippen molar-refractivity contribution >= 4 is 5.78 Å². The van der Waals surface area contributed by atoms with E-state index in [1.54, 1.807) is 7.11 Å². The van der Waals surface area contributed by atoms with Crippen LogP contribution >= 0.6 is 0 Å². The van der Waals surface area contributed by atoms with Gasteiger partial charge in [0.2, 0.25) is 0 Å². The predicted octanol–water partition coefficient (Wildman–Crippen LogP) is 2.21. The van der Waals surface area contributed by atoms with E-state index >= 15 is 0 Å². The molecule has 3 heteroatoms. The van der Waals surface area contributed by atoms with Crippen LogP contribution in [0.5, 0.6) is 0 Å². The Morgan fingerprint density at radius 1 is 1.53 bits per heavy atom. The summed E-state index contributed by atoms with van der Waals surface area (Å²) in [6, 6.07) is 2.26. The molecule has 1 aromatic heterocycles. The van der Waals surface area contributed by atoms with Gasteiger partial charge in [-0.1, -0.05) is 0 Å². The molecule has 3 nitrogen and oxygen atoms in total. The zero-order valence-electron chi connectivity index (χ0n) is 9.32. The molecule has 1 heterocycles. The van der Waals surface area contributed by atoms with Crippen LogP contribution in [0.2, 0.25) is 0 Å². The SMILES string of the molecule is COCC(C)n1ccc2c1CCCC2=O. The average molecular weight is 207 g/mol. The van der Waals surface area contributed by atoms with Crippen molar-refractivity contribution in [3.63, 3.8) is 0 Å². The predicted molar refractivity (Wildman–Crippen MR) is 58.3 cm³/mol. The summed E-state index contributed by atoms with van der Waals surface area (Å²) in [4.78, 5) is 11.6. The lowest BCUT2D eigenvalue weighted by Gasteiger charge is -2.19. The van der Waals surface area contributed by atoms with E-state index in [0.29, 0.717) is 24.9 Å². The molecule has 0 spiro atoms. The fourth-order valence-corrected chi connectivity index (χ4v) is 2.28. The number of carbonyl (C=O) groups excluding carboxylic acids is 1. The van der Waals surface area contributed by atoms with Crippen molar-refractivity contribution < 1.29 is 9.53 Å². The van der Waals surface area contributed by atoms with E-state index in [1.807, 2.05) is 12.3 Å². The van der Waals surface area contributed by atoms with Gasteiger partial charge < -0.3 is 9.30 Å². The van der Waals surface area contributed by atoms with Gasteiger partial charge in [0.25, 0.3) is 0 Å². The molecule has 82 valence electrons. The molecule has 0 bridgehead atoms. The molecule has 0 N–H and O–H groups in total. The Bertz CT molecular complexity index is 368. The van der Waals surface area contributed by atoms with E-state index in [-0.39, 0.29) is 0 Å². The van der Waals surface area contributed by atoms with Crippen molar-refractivity contribution in [2.24, 2.45) is 0 Å². The third-order valence-electron chi connectivity index (χ3n) is 3.02. The van der Waals surface area contributed by atoms with Crippen molar-refractivity contribution in [1.29, 1.82) is 0 Å². The molecule has 0 saturated heterocycles. The summed E-state index contributed by atoms with van der Waals surface area (Å²) in [5.74, 6) is 0.291. The Morgan fingerprint density at radius 2 is 2.33 bits per heavy atom. The fraction of sp³-hybridized carbons (Fsp3) is 0.583. The molecular weight excluding hydrogens is 190 g/mol. The summed E-state index contributed by atoms with van der Waals surface area (Å²) in [7, 11) is 1.71. The first kappa shape index (κ1) is 10.4. The second kappa shape index (κ2) is 4.19. The largest absolute Gasteiger partial charge is 0.383 e. The standard InChI is InChI=1S/C12H17NO2/c1-9(8-15-2)13-7-6-10-11(13)4-3-5-12(10)14/h6-7,9H,3-5,8H2,1-2H3. The van der Waals surface area contributed by atoms with E-state index < -0.39 is 0 Å². The third-order valence-corrected chi connectivity index (χ3v) is 3.02. The topological polar surface area (TPSA) is 31.2 Å². The van der Waals surface area contributed by atoms with Gasteiger partial charge in [0.1, 0.15) is 0 Å². The number of ketones is 1. The Kier molecular flexibility index (Phi) is 2.91. The molecule has 0 aliphatic heterocycles. The molecule has 15 heavy (non-hydrogen) atoms. The number of hydrogen-bond donors (Lipinski definition) is 0. The highest BCUT2D eigenvalue weighted by Gasteiger charge is 2.22. The molecule has 1 aromatic rings.